The number of fused-ring (bicyclic) bond motifs is 1. The summed E-state index contributed by atoms with van der Waals surface area (Å²) < 4.78 is 5.41. The van der Waals surface area contributed by atoms with Gasteiger partial charge in [0.15, 0.2) is 10.9 Å². The van der Waals surface area contributed by atoms with Gasteiger partial charge in [-0.15, -0.1) is 0 Å². The van der Waals surface area contributed by atoms with Crippen LogP contribution in [0.15, 0.2) is 45.5 Å². The van der Waals surface area contributed by atoms with Crippen molar-refractivity contribution in [3.8, 4) is 5.75 Å². The fraction of sp³-hybridized carbons (Fsp3) is 0.458. The number of rotatable bonds is 5. The second-order valence-corrected chi connectivity index (χ2v) is 10.6. The van der Waals surface area contributed by atoms with Crippen LogP contribution in [0.4, 0.5) is 5.82 Å². The molecule has 0 bridgehead atoms. The number of carbonyl (C=O) groups excluding carboxylic acids is 1. The van der Waals surface area contributed by atoms with Crippen LogP contribution in [0, 0.1) is 5.41 Å². The quantitative estimate of drug-likeness (QED) is 0.511. The van der Waals surface area contributed by atoms with Crippen LogP contribution in [-0.4, -0.2) is 28.1 Å². The molecule has 1 aliphatic carbocycles. The summed E-state index contributed by atoms with van der Waals surface area (Å²) in [6.45, 7) is 8.42. The Morgan fingerprint density at radius 3 is 2.77 bits per heavy atom. The minimum absolute atomic E-state index is 0.0784. The highest BCUT2D eigenvalue weighted by atomic mass is 32.2. The molecule has 2 heterocycles. The lowest BCUT2D eigenvalue weighted by atomic mass is 9.69. The highest BCUT2D eigenvalue weighted by Crippen LogP contribution is 2.48. The van der Waals surface area contributed by atoms with Gasteiger partial charge in [0.1, 0.15) is 11.6 Å². The smallest absolute Gasteiger partial charge is 0.257 e. The van der Waals surface area contributed by atoms with Gasteiger partial charge in [0.25, 0.3) is 5.56 Å². The lowest BCUT2D eigenvalue weighted by molar-refractivity contribution is -0.118. The van der Waals surface area contributed by atoms with Crippen LogP contribution in [0.1, 0.15) is 64.0 Å². The van der Waals surface area contributed by atoms with E-state index in [-0.39, 0.29) is 16.8 Å². The predicted octanol–water partition coefficient (Wildman–Crippen LogP) is 4.87. The van der Waals surface area contributed by atoms with Crippen LogP contribution in [0.3, 0.4) is 0 Å². The molecule has 1 aliphatic heterocycles. The normalized spacial score (nSPS) is 20.5. The summed E-state index contributed by atoms with van der Waals surface area (Å²) in [5.74, 6) is 0.849. The van der Waals surface area contributed by atoms with Crippen molar-refractivity contribution in [1.82, 2.24) is 9.97 Å². The van der Waals surface area contributed by atoms with Crippen molar-refractivity contribution >= 4 is 23.4 Å². The number of hydrogen-bond acceptors (Lipinski definition) is 6. The highest BCUT2D eigenvalue weighted by Gasteiger charge is 2.42. The molecule has 0 spiro atoms. The minimum Gasteiger partial charge on any atom is -0.497 e. The Labute approximate surface area is 186 Å². The number of methoxy groups -OCH3 is 1. The third-order valence-electron chi connectivity index (χ3n) is 6.02. The standard InChI is InChI=1S/C24H29N3O3S/c1-6-13(2)31-23-26-21-20(22(29)27-23)18(14-8-7-9-15(10-14)30-5)19-16(25-21)11-24(3,4)12-17(19)28/h7-10,13,18H,6,11-12H2,1-5H3,(H2,25,26,27,29)/t13-,18+/m1/s1. The zero-order valence-corrected chi connectivity index (χ0v) is 19.5. The lowest BCUT2D eigenvalue weighted by Crippen LogP contribution is -2.37. The van der Waals surface area contributed by atoms with E-state index in [9.17, 15) is 9.59 Å². The second kappa shape index (κ2) is 8.19. The van der Waals surface area contributed by atoms with Crippen LogP contribution < -0.4 is 15.6 Å². The molecule has 0 radical (unpaired) electrons. The molecule has 2 aromatic rings. The fourth-order valence-corrected chi connectivity index (χ4v) is 5.22. The number of thioether (sulfide) groups is 1. The summed E-state index contributed by atoms with van der Waals surface area (Å²) in [6.07, 6.45) is 2.16. The maximum atomic E-state index is 13.3. The van der Waals surface area contributed by atoms with E-state index in [0.29, 0.717) is 39.5 Å². The summed E-state index contributed by atoms with van der Waals surface area (Å²) in [7, 11) is 1.61. The molecule has 6 nitrogen and oxygen atoms in total. The molecule has 2 atom stereocenters. The number of hydrogen-bond donors (Lipinski definition) is 2. The van der Waals surface area contributed by atoms with Crippen molar-refractivity contribution in [2.45, 2.75) is 63.3 Å². The second-order valence-electron chi connectivity index (χ2n) is 9.14. The monoisotopic (exact) mass is 439 g/mol. The van der Waals surface area contributed by atoms with E-state index >= 15 is 0 Å². The zero-order valence-electron chi connectivity index (χ0n) is 18.7. The van der Waals surface area contributed by atoms with Gasteiger partial charge in [0, 0.05) is 28.9 Å². The summed E-state index contributed by atoms with van der Waals surface area (Å²) in [6, 6.07) is 7.60. The number of nitrogens with zero attached hydrogens (tertiary/aromatic N) is 1. The molecule has 0 saturated carbocycles. The molecule has 0 saturated heterocycles. The van der Waals surface area contributed by atoms with E-state index in [4.69, 9.17) is 9.72 Å². The first-order valence-electron chi connectivity index (χ1n) is 10.7. The molecule has 4 rings (SSSR count). The number of nitrogens with one attached hydrogen (secondary N) is 2. The van der Waals surface area contributed by atoms with E-state index in [2.05, 4.69) is 38.0 Å². The van der Waals surface area contributed by atoms with Gasteiger partial charge >= 0.3 is 0 Å². The number of ether oxygens (including phenoxy) is 1. The Bertz CT molecular complexity index is 1120. The number of ketones is 1. The third-order valence-corrected chi connectivity index (χ3v) is 7.17. The van der Waals surface area contributed by atoms with Gasteiger partial charge in [-0.25, -0.2) is 4.98 Å². The average Bonchev–Trinajstić information content (AvgIpc) is 2.71. The van der Waals surface area contributed by atoms with Crippen LogP contribution in [0.25, 0.3) is 0 Å². The van der Waals surface area contributed by atoms with E-state index in [1.54, 1.807) is 18.9 Å². The number of aromatic nitrogens is 2. The van der Waals surface area contributed by atoms with Gasteiger partial charge in [0.05, 0.1) is 12.7 Å². The zero-order chi connectivity index (χ0) is 22.3. The molecule has 1 aromatic heterocycles. The first-order chi connectivity index (χ1) is 14.7. The van der Waals surface area contributed by atoms with E-state index < -0.39 is 5.92 Å². The molecule has 2 N–H and O–H groups in total. The van der Waals surface area contributed by atoms with Gasteiger partial charge in [-0.1, -0.05) is 51.6 Å². The summed E-state index contributed by atoms with van der Waals surface area (Å²) in [4.78, 5) is 34.3. The van der Waals surface area contributed by atoms with Gasteiger partial charge in [-0.3, -0.25) is 9.59 Å². The molecule has 0 amide bonds. The van der Waals surface area contributed by atoms with Crippen LogP contribution in [0.5, 0.6) is 5.75 Å². The molecule has 31 heavy (non-hydrogen) atoms. The Morgan fingerprint density at radius 1 is 1.29 bits per heavy atom. The summed E-state index contributed by atoms with van der Waals surface area (Å²) in [5.41, 5.74) is 2.55. The summed E-state index contributed by atoms with van der Waals surface area (Å²) in [5, 5.41) is 4.30. The van der Waals surface area contributed by atoms with Crippen molar-refractivity contribution in [3.05, 3.63) is 57.0 Å². The number of anilines is 1. The molecular weight excluding hydrogens is 410 g/mol. The van der Waals surface area contributed by atoms with Crippen LogP contribution >= 0.6 is 11.8 Å². The third kappa shape index (κ3) is 4.15. The first kappa shape index (κ1) is 21.7. The van der Waals surface area contributed by atoms with Gasteiger partial charge in [-0.05, 0) is 36.0 Å². The van der Waals surface area contributed by atoms with E-state index in [1.807, 2.05) is 24.3 Å². The molecule has 1 aromatic carbocycles. The predicted molar refractivity (Wildman–Crippen MR) is 124 cm³/mol. The van der Waals surface area contributed by atoms with Crippen LogP contribution in [-0.2, 0) is 4.79 Å². The fourth-order valence-electron chi connectivity index (χ4n) is 4.38. The molecule has 164 valence electrons. The van der Waals surface area contributed by atoms with Gasteiger partial charge in [0.2, 0.25) is 0 Å². The highest BCUT2D eigenvalue weighted by molar-refractivity contribution is 7.99. The summed E-state index contributed by atoms with van der Waals surface area (Å²) >= 11 is 1.55. The lowest BCUT2D eigenvalue weighted by Gasteiger charge is -2.38. The Morgan fingerprint density at radius 2 is 2.06 bits per heavy atom. The number of benzene rings is 1. The molecule has 7 heteroatoms. The molecular formula is C24H29N3O3S. The first-order valence-corrected chi connectivity index (χ1v) is 11.6. The number of carbonyl (C=O) groups is 1. The SMILES string of the molecule is CC[C@@H](C)Sc1nc2c(c(=O)[nH]1)[C@@H](c1cccc(OC)c1)C1=C(CC(C)(C)CC1=O)N2. The number of Topliss-reactive ketones (excluding diaryl/α,β-unsaturated/α-hetero) is 1. The average molecular weight is 440 g/mol. The Kier molecular flexibility index (Phi) is 5.73. The van der Waals surface area contributed by atoms with E-state index in [0.717, 1.165) is 24.1 Å². The van der Waals surface area contributed by atoms with Crippen molar-refractivity contribution in [2.24, 2.45) is 5.41 Å². The van der Waals surface area contributed by atoms with Crippen LogP contribution in [0.2, 0.25) is 0 Å². The molecule has 2 aliphatic rings. The van der Waals surface area contributed by atoms with Crippen molar-refractivity contribution in [2.75, 3.05) is 12.4 Å². The van der Waals surface area contributed by atoms with E-state index in [1.165, 1.54) is 0 Å². The molecule has 0 fully saturated rings. The van der Waals surface area contributed by atoms with Crippen molar-refractivity contribution in [1.29, 1.82) is 0 Å². The number of H-pyrrole nitrogens is 1. The van der Waals surface area contributed by atoms with Crippen molar-refractivity contribution < 1.29 is 9.53 Å². The Balaban J connectivity index is 1.91. The van der Waals surface area contributed by atoms with Gasteiger partial charge < -0.3 is 15.0 Å². The largest absolute Gasteiger partial charge is 0.497 e. The Hall–Kier alpha value is -2.54. The topological polar surface area (TPSA) is 84.1 Å². The molecule has 0 unspecified atom stereocenters. The number of allylic oxidation sites excluding steroid dienone is 2. The maximum absolute atomic E-state index is 13.3. The number of aromatic amines is 1. The van der Waals surface area contributed by atoms with Gasteiger partial charge in [-0.2, -0.15) is 0 Å². The van der Waals surface area contributed by atoms with Crippen molar-refractivity contribution in [3.63, 3.8) is 0 Å². The maximum Gasteiger partial charge on any atom is 0.257 e. The minimum atomic E-state index is -0.469.